The molecule has 1 atom stereocenters. The molecule has 0 spiro atoms. The Balaban J connectivity index is 3.20. The van der Waals surface area contributed by atoms with Crippen molar-refractivity contribution in [3.05, 3.63) is 11.3 Å². The van der Waals surface area contributed by atoms with Gasteiger partial charge in [-0.3, -0.25) is 9.59 Å². The van der Waals surface area contributed by atoms with Crippen LogP contribution >= 0.6 is 0 Å². The number of aliphatic hydroxyl groups excluding tert-OH is 1. The summed E-state index contributed by atoms with van der Waals surface area (Å²) in [7, 11) is 0. The lowest BCUT2D eigenvalue weighted by molar-refractivity contribution is -0.163. The zero-order chi connectivity index (χ0) is 10.9. The maximum Gasteiger partial charge on any atom is 0.345 e. The number of carbonyl (C=O) groups is 3. The second-order valence-electron chi connectivity index (χ2n) is 2.97. The van der Waals surface area contributed by atoms with E-state index in [0.717, 1.165) is 6.92 Å². The zero-order valence-corrected chi connectivity index (χ0v) is 7.86. The lowest BCUT2D eigenvalue weighted by Gasteiger charge is -2.19. The summed E-state index contributed by atoms with van der Waals surface area (Å²) in [4.78, 5) is 33.1. The van der Waals surface area contributed by atoms with Gasteiger partial charge in [-0.2, -0.15) is 0 Å². The number of Topliss-reactive ketones (excluding diaryl/α,β-unsaturated/α-hetero) is 1. The van der Waals surface area contributed by atoms with Crippen molar-refractivity contribution >= 4 is 17.7 Å². The average molecular weight is 198 g/mol. The lowest BCUT2D eigenvalue weighted by Crippen LogP contribution is -2.35. The quantitative estimate of drug-likeness (QED) is 0.516. The summed E-state index contributed by atoms with van der Waals surface area (Å²) in [5.41, 5.74) is -0.00944. The summed E-state index contributed by atoms with van der Waals surface area (Å²) in [5, 5.41) is 9.48. The normalized spacial score (nSPS) is 22.3. The highest BCUT2D eigenvalue weighted by atomic mass is 16.6. The van der Waals surface area contributed by atoms with Crippen molar-refractivity contribution in [3.8, 4) is 0 Å². The van der Waals surface area contributed by atoms with Gasteiger partial charge in [-0.1, -0.05) is 6.92 Å². The Labute approximate surface area is 80.4 Å². The van der Waals surface area contributed by atoms with Crippen molar-refractivity contribution in [2.75, 3.05) is 0 Å². The van der Waals surface area contributed by atoms with Gasteiger partial charge in [0, 0.05) is 0 Å². The van der Waals surface area contributed by atoms with Crippen molar-refractivity contribution in [2.24, 2.45) is 5.92 Å². The molecule has 1 N–H and O–H groups in total. The molecule has 5 heteroatoms. The summed E-state index contributed by atoms with van der Waals surface area (Å²) in [5.74, 6) is -4.21. The Morgan fingerprint density at radius 1 is 1.50 bits per heavy atom. The number of rotatable bonds is 2. The van der Waals surface area contributed by atoms with Crippen LogP contribution in [0.3, 0.4) is 0 Å². The van der Waals surface area contributed by atoms with Gasteiger partial charge in [0.05, 0.1) is 5.57 Å². The van der Waals surface area contributed by atoms with Crippen LogP contribution in [-0.4, -0.2) is 22.8 Å². The first kappa shape index (κ1) is 10.4. The van der Waals surface area contributed by atoms with Crippen LogP contribution in [0.1, 0.15) is 20.3 Å². The predicted molar refractivity (Wildman–Crippen MR) is 45.2 cm³/mol. The molecule has 76 valence electrons. The molecule has 1 unspecified atom stereocenters. The van der Waals surface area contributed by atoms with Crippen LogP contribution in [0.4, 0.5) is 0 Å². The van der Waals surface area contributed by atoms with Crippen molar-refractivity contribution in [3.63, 3.8) is 0 Å². The number of hydrogen-bond donors (Lipinski definition) is 1. The number of ketones is 1. The van der Waals surface area contributed by atoms with E-state index in [0.29, 0.717) is 0 Å². The Morgan fingerprint density at radius 3 is 2.50 bits per heavy atom. The van der Waals surface area contributed by atoms with Crippen LogP contribution in [0.25, 0.3) is 0 Å². The van der Waals surface area contributed by atoms with Crippen LogP contribution in [0.2, 0.25) is 0 Å². The van der Waals surface area contributed by atoms with E-state index in [2.05, 4.69) is 4.74 Å². The largest absolute Gasteiger partial charge is 0.510 e. The molecule has 0 aromatic carbocycles. The molecular formula is C9H10O5. The smallest absolute Gasteiger partial charge is 0.345 e. The van der Waals surface area contributed by atoms with E-state index in [-0.39, 0.29) is 12.0 Å². The standard InChI is InChI=1S/C9H10O5/c1-3-5-7(11)6(4(2)10)9(13)14-8(5)12/h6,11H,3H2,1-2H3. The first-order valence-corrected chi connectivity index (χ1v) is 4.17. The fourth-order valence-electron chi connectivity index (χ4n) is 1.29. The minimum absolute atomic E-state index is 0.00944. The van der Waals surface area contributed by atoms with E-state index in [1.165, 1.54) is 0 Å². The highest BCUT2D eigenvalue weighted by Crippen LogP contribution is 2.24. The van der Waals surface area contributed by atoms with E-state index < -0.39 is 29.4 Å². The van der Waals surface area contributed by atoms with Crippen LogP contribution < -0.4 is 0 Å². The van der Waals surface area contributed by atoms with Crippen LogP contribution in [0.5, 0.6) is 0 Å². The van der Waals surface area contributed by atoms with E-state index in [9.17, 15) is 19.5 Å². The molecule has 0 saturated heterocycles. The van der Waals surface area contributed by atoms with Gasteiger partial charge in [-0.05, 0) is 13.3 Å². The monoisotopic (exact) mass is 198 g/mol. The number of carbonyl (C=O) groups excluding carboxylic acids is 3. The number of ether oxygens (including phenoxy) is 1. The van der Waals surface area contributed by atoms with E-state index >= 15 is 0 Å². The van der Waals surface area contributed by atoms with Gasteiger partial charge in [-0.15, -0.1) is 0 Å². The van der Waals surface area contributed by atoms with Gasteiger partial charge in [-0.25, -0.2) is 4.79 Å². The van der Waals surface area contributed by atoms with Crippen molar-refractivity contribution in [2.45, 2.75) is 20.3 Å². The minimum Gasteiger partial charge on any atom is -0.510 e. The van der Waals surface area contributed by atoms with E-state index in [1.54, 1.807) is 6.92 Å². The summed E-state index contributed by atoms with van der Waals surface area (Å²) < 4.78 is 4.32. The molecule has 0 fully saturated rings. The number of aliphatic hydroxyl groups is 1. The second kappa shape index (κ2) is 3.61. The second-order valence-corrected chi connectivity index (χ2v) is 2.97. The molecule has 0 aromatic rings. The third-order valence-corrected chi connectivity index (χ3v) is 2.02. The molecule has 0 radical (unpaired) electrons. The van der Waals surface area contributed by atoms with E-state index in [1.807, 2.05) is 0 Å². The summed E-state index contributed by atoms with van der Waals surface area (Å²) in [6.07, 6.45) is 0.224. The minimum atomic E-state index is -1.33. The average Bonchev–Trinajstić information content (AvgIpc) is 2.02. The third-order valence-electron chi connectivity index (χ3n) is 2.02. The molecular weight excluding hydrogens is 188 g/mol. The number of esters is 2. The number of cyclic esters (lactones) is 2. The molecule has 14 heavy (non-hydrogen) atoms. The van der Waals surface area contributed by atoms with Gasteiger partial charge in [0.1, 0.15) is 5.76 Å². The molecule has 0 aliphatic carbocycles. The third kappa shape index (κ3) is 1.53. The maximum absolute atomic E-state index is 11.1. The fourth-order valence-corrected chi connectivity index (χ4v) is 1.29. The van der Waals surface area contributed by atoms with Gasteiger partial charge in [0.2, 0.25) is 0 Å². The Bertz CT molecular complexity index is 339. The lowest BCUT2D eigenvalue weighted by atomic mass is 9.95. The van der Waals surface area contributed by atoms with E-state index in [4.69, 9.17) is 0 Å². The SMILES string of the molecule is CCC1=C(O)C(C(C)=O)C(=O)OC1=O. The van der Waals surface area contributed by atoms with Crippen molar-refractivity contribution in [1.29, 1.82) is 0 Å². The molecule has 5 nitrogen and oxygen atoms in total. The van der Waals surface area contributed by atoms with Crippen LogP contribution in [0.15, 0.2) is 11.3 Å². The Kier molecular flexibility index (Phi) is 2.69. The summed E-state index contributed by atoms with van der Waals surface area (Å²) >= 11 is 0. The molecule has 0 amide bonds. The highest BCUT2D eigenvalue weighted by molar-refractivity contribution is 6.10. The first-order chi connectivity index (χ1) is 6.49. The summed E-state index contributed by atoms with van der Waals surface area (Å²) in [6.45, 7) is 2.78. The molecule has 1 rings (SSSR count). The molecule has 1 aliphatic heterocycles. The predicted octanol–water partition coefficient (Wildman–Crippen LogP) is 0.497. The molecule has 0 saturated carbocycles. The Hall–Kier alpha value is -1.65. The van der Waals surface area contributed by atoms with Crippen LogP contribution in [-0.2, 0) is 19.1 Å². The maximum atomic E-state index is 11.1. The molecule has 0 aromatic heterocycles. The van der Waals surface area contributed by atoms with Gasteiger partial charge < -0.3 is 9.84 Å². The Morgan fingerprint density at radius 2 is 2.07 bits per heavy atom. The van der Waals surface area contributed by atoms with Gasteiger partial charge in [0.15, 0.2) is 11.7 Å². The fraction of sp³-hybridized carbons (Fsp3) is 0.444. The number of hydrogen-bond acceptors (Lipinski definition) is 5. The first-order valence-electron chi connectivity index (χ1n) is 4.17. The topological polar surface area (TPSA) is 80.7 Å². The molecule has 1 aliphatic rings. The zero-order valence-electron chi connectivity index (χ0n) is 7.86. The van der Waals surface area contributed by atoms with Crippen molar-refractivity contribution in [1.82, 2.24) is 0 Å². The molecule has 0 bridgehead atoms. The van der Waals surface area contributed by atoms with Gasteiger partial charge >= 0.3 is 11.9 Å². The summed E-state index contributed by atoms with van der Waals surface area (Å²) in [6, 6.07) is 0. The molecule has 1 heterocycles. The highest BCUT2D eigenvalue weighted by Gasteiger charge is 2.39. The van der Waals surface area contributed by atoms with Crippen molar-refractivity contribution < 1.29 is 24.2 Å². The van der Waals surface area contributed by atoms with Gasteiger partial charge in [0.25, 0.3) is 0 Å². The van der Waals surface area contributed by atoms with Crippen LogP contribution in [0, 0.1) is 5.92 Å².